The van der Waals surface area contributed by atoms with Crippen LogP contribution in [-0.2, 0) is 4.79 Å². The molecule has 1 aliphatic heterocycles. The first-order valence-electron chi connectivity index (χ1n) is 13.0. The topological polar surface area (TPSA) is 120 Å². The molecule has 2 saturated carbocycles. The highest BCUT2D eigenvalue weighted by Crippen LogP contribution is 2.52. The van der Waals surface area contributed by atoms with Crippen LogP contribution < -0.4 is 25.2 Å². The number of aromatic nitrogens is 2. The molecule has 1 aromatic heterocycles. The van der Waals surface area contributed by atoms with E-state index in [-0.39, 0.29) is 23.8 Å². The fraction of sp³-hybridized carbons (Fsp3) is 0.556. The number of nitrogens with zero attached hydrogens (tertiary/aromatic N) is 4. The average molecular weight is 509 g/mol. The third kappa shape index (κ3) is 4.82. The van der Waals surface area contributed by atoms with Gasteiger partial charge in [0.1, 0.15) is 11.4 Å². The lowest BCUT2D eigenvalue weighted by molar-refractivity contribution is -0.122. The molecule has 3 aliphatic rings. The molecule has 2 fully saturated rings. The van der Waals surface area contributed by atoms with E-state index in [9.17, 15) is 14.7 Å². The second-order valence-electron chi connectivity index (χ2n) is 11.1. The predicted molar refractivity (Wildman–Crippen MR) is 142 cm³/mol. The molecular formula is C27H36N6O4. The average Bonchev–Trinajstić information content (AvgIpc) is 3.49. The van der Waals surface area contributed by atoms with Crippen molar-refractivity contribution in [1.82, 2.24) is 15.3 Å². The first-order chi connectivity index (χ1) is 17.7. The van der Waals surface area contributed by atoms with E-state index in [1.807, 2.05) is 7.05 Å². The van der Waals surface area contributed by atoms with Gasteiger partial charge in [0.25, 0.3) is 5.91 Å². The maximum Gasteiger partial charge on any atom is 0.251 e. The Bertz CT molecular complexity index is 1210. The molecule has 1 aromatic carbocycles. The molecule has 3 N–H and O–H groups in total. The molecule has 1 spiro atoms. The zero-order valence-corrected chi connectivity index (χ0v) is 22.0. The Labute approximate surface area is 217 Å². The Morgan fingerprint density at radius 2 is 2.00 bits per heavy atom. The van der Waals surface area contributed by atoms with Crippen molar-refractivity contribution in [3.63, 3.8) is 0 Å². The third-order valence-corrected chi connectivity index (χ3v) is 7.79. The van der Waals surface area contributed by atoms with E-state index in [1.54, 1.807) is 43.1 Å². The molecule has 2 amide bonds. The van der Waals surface area contributed by atoms with Gasteiger partial charge in [-0.1, -0.05) is 12.8 Å². The molecule has 198 valence electrons. The molecule has 0 unspecified atom stereocenters. The number of amides is 2. The minimum absolute atomic E-state index is 0.151. The molecular weight excluding hydrogens is 472 g/mol. The highest BCUT2D eigenvalue weighted by Gasteiger charge is 2.55. The number of methoxy groups -OCH3 is 1. The summed E-state index contributed by atoms with van der Waals surface area (Å²) in [7, 11) is 3.36. The van der Waals surface area contributed by atoms with Crippen LogP contribution in [-0.4, -0.2) is 65.8 Å². The first kappa shape index (κ1) is 25.3. The predicted octanol–water partition coefficient (Wildman–Crippen LogP) is 3.24. The van der Waals surface area contributed by atoms with Crippen LogP contribution in [0.2, 0.25) is 0 Å². The van der Waals surface area contributed by atoms with Crippen molar-refractivity contribution in [2.75, 3.05) is 42.4 Å². The summed E-state index contributed by atoms with van der Waals surface area (Å²) in [6.07, 6.45) is 8.13. The second kappa shape index (κ2) is 9.48. The number of benzene rings is 1. The minimum Gasteiger partial charge on any atom is -0.495 e. The molecule has 0 bridgehead atoms. The van der Waals surface area contributed by atoms with Crippen molar-refractivity contribution < 1.29 is 19.4 Å². The summed E-state index contributed by atoms with van der Waals surface area (Å²) >= 11 is 0. The van der Waals surface area contributed by atoms with Crippen LogP contribution in [0.3, 0.4) is 0 Å². The number of anilines is 4. The lowest BCUT2D eigenvalue weighted by Crippen LogP contribution is -2.46. The van der Waals surface area contributed by atoms with E-state index in [0.29, 0.717) is 35.5 Å². The van der Waals surface area contributed by atoms with Crippen LogP contribution >= 0.6 is 0 Å². The molecule has 0 radical (unpaired) electrons. The third-order valence-electron chi connectivity index (χ3n) is 7.79. The van der Waals surface area contributed by atoms with E-state index >= 15 is 0 Å². The summed E-state index contributed by atoms with van der Waals surface area (Å²) in [5.41, 5.74) is 0.709. The largest absolute Gasteiger partial charge is 0.495 e. The molecule has 37 heavy (non-hydrogen) atoms. The number of hydrogen-bond acceptors (Lipinski definition) is 8. The molecule has 2 aliphatic carbocycles. The molecule has 2 aromatic rings. The number of carbonyl (C=O) groups is 2. The zero-order valence-electron chi connectivity index (χ0n) is 22.0. The number of nitrogens with one attached hydrogen (secondary N) is 2. The van der Waals surface area contributed by atoms with Gasteiger partial charge < -0.3 is 30.3 Å². The van der Waals surface area contributed by atoms with Gasteiger partial charge in [-0.3, -0.25) is 9.59 Å². The highest BCUT2D eigenvalue weighted by molar-refractivity contribution is 6.03. The van der Waals surface area contributed by atoms with Gasteiger partial charge in [-0.05, 0) is 57.7 Å². The van der Waals surface area contributed by atoms with E-state index in [1.165, 1.54) is 20.0 Å². The van der Waals surface area contributed by atoms with Crippen LogP contribution in [0.4, 0.5) is 23.1 Å². The summed E-state index contributed by atoms with van der Waals surface area (Å²) in [6, 6.07) is 5.44. The smallest absolute Gasteiger partial charge is 0.251 e. The number of rotatable bonds is 7. The van der Waals surface area contributed by atoms with Gasteiger partial charge in [-0.15, -0.1) is 0 Å². The number of fused-ring (bicyclic) bond motifs is 1. The second-order valence-corrected chi connectivity index (χ2v) is 11.1. The van der Waals surface area contributed by atoms with Gasteiger partial charge in [0.15, 0.2) is 5.82 Å². The van der Waals surface area contributed by atoms with Gasteiger partial charge in [-0.25, -0.2) is 4.98 Å². The standard InChI is InChI=1S/C27H36N6O4/c1-26(2,16-34)31-23(35)17-9-10-19(21(13-17)37-4)29-25-28-14-20-22(30-25)33(18-7-5-6-8-18)15-27(11-12-27)24(36)32(20)3/h9-10,13-14,18,34H,5-8,11-12,15-16H2,1-4H3,(H,31,35)(H,28,29,30). The maximum atomic E-state index is 13.3. The van der Waals surface area contributed by atoms with Gasteiger partial charge in [0, 0.05) is 25.2 Å². The Morgan fingerprint density at radius 3 is 2.65 bits per heavy atom. The molecule has 2 heterocycles. The first-order valence-corrected chi connectivity index (χ1v) is 13.0. The SMILES string of the molecule is COc1cc(C(=O)NC(C)(C)CO)ccc1Nc1ncc2c(n1)N(C1CCCC1)CC1(CC1)C(=O)N2C. The summed E-state index contributed by atoms with van der Waals surface area (Å²) in [6.45, 7) is 4.02. The molecule has 5 rings (SSSR count). The van der Waals surface area contributed by atoms with Crippen LogP contribution in [0.25, 0.3) is 0 Å². The summed E-state index contributed by atoms with van der Waals surface area (Å²) in [5.74, 6) is 1.49. The van der Waals surface area contributed by atoms with Crippen molar-refractivity contribution in [1.29, 1.82) is 0 Å². The van der Waals surface area contributed by atoms with Crippen molar-refractivity contribution >= 4 is 35.0 Å². The van der Waals surface area contributed by atoms with Crippen LogP contribution in [0.15, 0.2) is 24.4 Å². The normalized spacial score (nSPS) is 19.0. The number of ether oxygens (including phenoxy) is 1. The van der Waals surface area contributed by atoms with E-state index in [0.717, 1.165) is 37.2 Å². The Morgan fingerprint density at radius 1 is 1.27 bits per heavy atom. The zero-order chi connectivity index (χ0) is 26.4. The van der Waals surface area contributed by atoms with Crippen molar-refractivity contribution in [3.05, 3.63) is 30.0 Å². The van der Waals surface area contributed by atoms with Gasteiger partial charge >= 0.3 is 0 Å². The summed E-state index contributed by atoms with van der Waals surface area (Å²) < 4.78 is 5.56. The number of carbonyl (C=O) groups excluding carboxylic acids is 2. The molecule has 10 nitrogen and oxygen atoms in total. The van der Waals surface area contributed by atoms with Crippen molar-refractivity contribution in [2.24, 2.45) is 5.41 Å². The fourth-order valence-electron chi connectivity index (χ4n) is 5.32. The minimum atomic E-state index is -0.740. The molecule has 10 heteroatoms. The quantitative estimate of drug-likeness (QED) is 0.522. The Hall–Kier alpha value is -3.40. The summed E-state index contributed by atoms with van der Waals surface area (Å²) in [5, 5.41) is 15.5. The van der Waals surface area contributed by atoms with Gasteiger partial charge in [0.2, 0.25) is 11.9 Å². The fourth-order valence-corrected chi connectivity index (χ4v) is 5.32. The number of hydrogen-bond donors (Lipinski definition) is 3. The van der Waals surface area contributed by atoms with Gasteiger partial charge in [0.05, 0.1) is 36.6 Å². The van der Waals surface area contributed by atoms with E-state index in [4.69, 9.17) is 9.72 Å². The van der Waals surface area contributed by atoms with Gasteiger partial charge in [-0.2, -0.15) is 4.98 Å². The van der Waals surface area contributed by atoms with E-state index < -0.39 is 5.54 Å². The van der Waals surface area contributed by atoms with E-state index in [2.05, 4.69) is 20.5 Å². The van der Waals surface area contributed by atoms with Crippen LogP contribution in [0.1, 0.15) is 62.7 Å². The van der Waals surface area contributed by atoms with Crippen LogP contribution in [0.5, 0.6) is 5.75 Å². The number of aliphatic hydroxyl groups excluding tert-OH is 1. The van der Waals surface area contributed by atoms with Crippen molar-refractivity contribution in [2.45, 2.75) is 64.0 Å². The van der Waals surface area contributed by atoms with Crippen LogP contribution in [0, 0.1) is 5.41 Å². The molecule has 0 atom stereocenters. The number of aliphatic hydroxyl groups is 1. The highest BCUT2D eigenvalue weighted by atomic mass is 16.5. The Balaban J connectivity index is 1.44. The lowest BCUT2D eigenvalue weighted by Gasteiger charge is -2.31. The maximum absolute atomic E-state index is 13.3. The van der Waals surface area contributed by atoms with Crippen molar-refractivity contribution in [3.8, 4) is 5.75 Å². The lowest BCUT2D eigenvalue weighted by atomic mass is 10.0. The molecule has 0 saturated heterocycles. The monoisotopic (exact) mass is 508 g/mol. The summed E-state index contributed by atoms with van der Waals surface area (Å²) in [4.78, 5) is 39.4. The Kier molecular flexibility index (Phi) is 6.47.